The molecule has 0 radical (unpaired) electrons. The lowest BCUT2D eigenvalue weighted by molar-refractivity contribution is -0.167. The second-order valence-electron chi connectivity index (χ2n) is 8.89. The summed E-state index contributed by atoms with van der Waals surface area (Å²) in [4.78, 5) is 24.9. The van der Waals surface area contributed by atoms with Gasteiger partial charge in [-0.2, -0.15) is 0 Å². The highest BCUT2D eigenvalue weighted by molar-refractivity contribution is 5.75. The Kier molecular flexibility index (Phi) is 5.45. The summed E-state index contributed by atoms with van der Waals surface area (Å²) in [5, 5.41) is 0. The molecule has 0 spiro atoms. The standard InChI is InChI=1S/C21H34O4/c1-5-21(8-6-7-9-21)25-19(22)10-13(2)24-20(23)18-12-16-11-17(18)15(4)14(16)3/h13-18H,5-12H2,1-4H3. The number of ether oxygens (including phenoxy) is 2. The molecule has 3 fully saturated rings. The molecular formula is C21H34O4. The Hall–Kier alpha value is -1.06. The number of rotatable bonds is 6. The zero-order valence-corrected chi connectivity index (χ0v) is 16.3. The first kappa shape index (κ1) is 18.7. The predicted molar refractivity (Wildman–Crippen MR) is 95.8 cm³/mol. The Morgan fingerprint density at radius 2 is 1.80 bits per heavy atom. The summed E-state index contributed by atoms with van der Waals surface area (Å²) in [6.45, 7) is 8.47. The molecule has 4 heteroatoms. The van der Waals surface area contributed by atoms with Crippen LogP contribution in [0.15, 0.2) is 0 Å². The van der Waals surface area contributed by atoms with Crippen molar-refractivity contribution >= 4 is 11.9 Å². The second-order valence-corrected chi connectivity index (χ2v) is 8.89. The van der Waals surface area contributed by atoms with Gasteiger partial charge in [0.1, 0.15) is 11.7 Å². The Balaban J connectivity index is 1.47. The molecule has 142 valence electrons. The summed E-state index contributed by atoms with van der Waals surface area (Å²) in [7, 11) is 0. The summed E-state index contributed by atoms with van der Waals surface area (Å²) < 4.78 is 11.4. The van der Waals surface area contributed by atoms with E-state index in [0.717, 1.165) is 50.9 Å². The molecule has 3 rings (SSSR count). The fourth-order valence-corrected chi connectivity index (χ4v) is 5.60. The summed E-state index contributed by atoms with van der Waals surface area (Å²) in [5.41, 5.74) is -0.267. The lowest BCUT2D eigenvalue weighted by Gasteiger charge is -2.31. The predicted octanol–water partition coefficient (Wildman–Crippen LogP) is 4.50. The van der Waals surface area contributed by atoms with Gasteiger partial charge in [-0.05, 0) is 75.5 Å². The van der Waals surface area contributed by atoms with Gasteiger partial charge in [0, 0.05) is 0 Å². The maximum atomic E-state index is 12.6. The summed E-state index contributed by atoms with van der Waals surface area (Å²) >= 11 is 0. The maximum absolute atomic E-state index is 12.6. The van der Waals surface area contributed by atoms with Gasteiger partial charge < -0.3 is 9.47 Å². The topological polar surface area (TPSA) is 52.6 Å². The van der Waals surface area contributed by atoms with Gasteiger partial charge in [0.05, 0.1) is 12.3 Å². The fourth-order valence-electron chi connectivity index (χ4n) is 5.60. The minimum atomic E-state index is -0.401. The third kappa shape index (κ3) is 3.73. The Bertz CT molecular complexity index is 506. The van der Waals surface area contributed by atoms with E-state index in [-0.39, 0.29) is 29.9 Å². The molecule has 0 aromatic heterocycles. The number of hydrogen-bond acceptors (Lipinski definition) is 4. The van der Waals surface area contributed by atoms with Gasteiger partial charge in [-0.1, -0.05) is 20.8 Å². The van der Waals surface area contributed by atoms with E-state index in [9.17, 15) is 9.59 Å². The quantitative estimate of drug-likeness (QED) is 0.662. The van der Waals surface area contributed by atoms with Crippen LogP contribution in [0.5, 0.6) is 0 Å². The molecule has 2 bridgehead atoms. The Labute approximate surface area is 152 Å². The Morgan fingerprint density at radius 3 is 2.36 bits per heavy atom. The average molecular weight is 350 g/mol. The zero-order valence-electron chi connectivity index (χ0n) is 16.3. The van der Waals surface area contributed by atoms with E-state index in [1.807, 2.05) is 6.92 Å². The fraction of sp³-hybridized carbons (Fsp3) is 0.905. The summed E-state index contributed by atoms with van der Waals surface area (Å²) in [6, 6.07) is 0. The van der Waals surface area contributed by atoms with Crippen LogP contribution in [0.4, 0.5) is 0 Å². The number of esters is 2. The molecule has 25 heavy (non-hydrogen) atoms. The largest absolute Gasteiger partial charge is 0.462 e. The number of fused-ring (bicyclic) bond motifs is 2. The second kappa shape index (κ2) is 7.28. The molecule has 0 heterocycles. The van der Waals surface area contributed by atoms with E-state index in [2.05, 4.69) is 20.8 Å². The van der Waals surface area contributed by atoms with Crippen LogP contribution in [0.3, 0.4) is 0 Å². The van der Waals surface area contributed by atoms with Crippen LogP contribution in [-0.4, -0.2) is 23.6 Å². The van der Waals surface area contributed by atoms with Crippen molar-refractivity contribution in [1.82, 2.24) is 0 Å². The minimum Gasteiger partial charge on any atom is -0.462 e. The molecule has 0 N–H and O–H groups in total. The van der Waals surface area contributed by atoms with Crippen molar-refractivity contribution in [2.75, 3.05) is 0 Å². The van der Waals surface area contributed by atoms with Crippen molar-refractivity contribution in [1.29, 1.82) is 0 Å². The van der Waals surface area contributed by atoms with Crippen LogP contribution in [-0.2, 0) is 19.1 Å². The molecule has 3 aliphatic carbocycles. The average Bonchev–Trinajstić information content (AvgIpc) is 3.25. The summed E-state index contributed by atoms with van der Waals surface area (Å²) in [5.74, 6) is 2.17. The van der Waals surface area contributed by atoms with Crippen LogP contribution in [0.2, 0.25) is 0 Å². The van der Waals surface area contributed by atoms with Crippen molar-refractivity contribution < 1.29 is 19.1 Å². The number of carbonyl (C=O) groups excluding carboxylic acids is 2. The lowest BCUT2D eigenvalue weighted by Crippen LogP contribution is -2.35. The molecule has 3 saturated carbocycles. The maximum Gasteiger partial charge on any atom is 0.310 e. The van der Waals surface area contributed by atoms with Crippen molar-refractivity contribution in [2.24, 2.45) is 29.6 Å². The van der Waals surface area contributed by atoms with Crippen LogP contribution in [0, 0.1) is 29.6 Å². The van der Waals surface area contributed by atoms with E-state index in [0.29, 0.717) is 17.8 Å². The molecule has 0 amide bonds. The first-order valence-corrected chi connectivity index (χ1v) is 10.3. The van der Waals surface area contributed by atoms with Gasteiger partial charge in [-0.15, -0.1) is 0 Å². The number of carbonyl (C=O) groups is 2. The normalized spacial score (nSPS) is 37.0. The lowest BCUT2D eigenvalue weighted by atomic mass is 9.76. The van der Waals surface area contributed by atoms with Gasteiger partial charge in [0.25, 0.3) is 0 Å². The van der Waals surface area contributed by atoms with Crippen LogP contribution < -0.4 is 0 Å². The monoisotopic (exact) mass is 350 g/mol. The molecule has 6 atom stereocenters. The first-order valence-electron chi connectivity index (χ1n) is 10.3. The zero-order chi connectivity index (χ0) is 18.2. The van der Waals surface area contributed by atoms with Crippen molar-refractivity contribution in [3.8, 4) is 0 Å². The van der Waals surface area contributed by atoms with E-state index in [4.69, 9.17) is 9.47 Å². The summed E-state index contributed by atoms with van der Waals surface area (Å²) in [6.07, 6.45) is 6.95. The minimum absolute atomic E-state index is 0.0338. The Morgan fingerprint density at radius 1 is 1.12 bits per heavy atom. The SMILES string of the molecule is CCC1(OC(=O)CC(C)OC(=O)C2CC3CC2C(C)C3C)CCCC1. The third-order valence-electron chi connectivity index (χ3n) is 7.46. The van der Waals surface area contributed by atoms with E-state index < -0.39 is 6.10 Å². The molecule has 0 aromatic carbocycles. The molecule has 6 unspecified atom stereocenters. The highest BCUT2D eigenvalue weighted by Gasteiger charge is 2.51. The van der Waals surface area contributed by atoms with E-state index >= 15 is 0 Å². The highest BCUT2D eigenvalue weighted by Crippen LogP contribution is 2.55. The molecule has 0 saturated heterocycles. The number of hydrogen-bond donors (Lipinski definition) is 0. The molecule has 0 aromatic rings. The van der Waals surface area contributed by atoms with Crippen molar-refractivity contribution in [2.45, 2.75) is 90.8 Å². The van der Waals surface area contributed by atoms with Gasteiger partial charge in [0.15, 0.2) is 0 Å². The molecule has 0 aliphatic heterocycles. The van der Waals surface area contributed by atoms with Gasteiger partial charge >= 0.3 is 11.9 Å². The van der Waals surface area contributed by atoms with Crippen LogP contribution in [0.25, 0.3) is 0 Å². The molecular weight excluding hydrogens is 316 g/mol. The molecule has 4 nitrogen and oxygen atoms in total. The van der Waals surface area contributed by atoms with Gasteiger partial charge in [0.2, 0.25) is 0 Å². The van der Waals surface area contributed by atoms with Crippen molar-refractivity contribution in [3.63, 3.8) is 0 Å². The highest BCUT2D eigenvalue weighted by atomic mass is 16.6. The smallest absolute Gasteiger partial charge is 0.310 e. The van der Waals surface area contributed by atoms with Crippen molar-refractivity contribution in [3.05, 3.63) is 0 Å². The third-order valence-corrected chi connectivity index (χ3v) is 7.46. The van der Waals surface area contributed by atoms with E-state index in [1.165, 1.54) is 0 Å². The van der Waals surface area contributed by atoms with Gasteiger partial charge in [-0.3, -0.25) is 9.59 Å². The van der Waals surface area contributed by atoms with Gasteiger partial charge in [-0.25, -0.2) is 0 Å². The van der Waals surface area contributed by atoms with Crippen LogP contribution in [0.1, 0.15) is 79.1 Å². The van der Waals surface area contributed by atoms with E-state index in [1.54, 1.807) is 0 Å². The van der Waals surface area contributed by atoms with Crippen LogP contribution >= 0.6 is 0 Å². The molecule has 3 aliphatic rings. The first-order chi connectivity index (χ1) is 11.8.